The summed E-state index contributed by atoms with van der Waals surface area (Å²) in [6.07, 6.45) is 0. The molecule has 0 bridgehead atoms. The number of aryl methyl sites for hydroxylation is 1. The Bertz CT molecular complexity index is 171. The third-order valence-electron chi connectivity index (χ3n) is 1.12. The van der Waals surface area contributed by atoms with Gasteiger partial charge in [-0.15, -0.1) is 25.0 Å². The Morgan fingerprint density at radius 3 is 1.83 bits per heavy atom. The molecule has 1 nitrogen and oxygen atoms in total. The molecule has 3 heteroatoms. The predicted octanol–water partition coefficient (Wildman–Crippen LogP) is 2.92. The second-order valence-corrected chi connectivity index (χ2v) is 2.27. The van der Waals surface area contributed by atoms with Gasteiger partial charge in [-0.1, -0.05) is 25.6 Å². The summed E-state index contributed by atoms with van der Waals surface area (Å²) in [5, 5.41) is 0. The van der Waals surface area contributed by atoms with Gasteiger partial charge < -0.3 is 5.73 Å². The summed E-state index contributed by atoms with van der Waals surface area (Å²) in [5.41, 5.74) is 5.73. The first kappa shape index (κ1) is 17.8. The molecule has 1 aromatic rings. The van der Waals surface area contributed by atoms with Crippen molar-refractivity contribution in [3.63, 3.8) is 0 Å². The third kappa shape index (κ3) is 6.53. The fourth-order valence-electron chi connectivity index (χ4n) is 0.563. The van der Waals surface area contributed by atoms with Crippen LogP contribution in [0.1, 0.15) is 13.0 Å². The van der Waals surface area contributed by atoms with Gasteiger partial charge in [0.1, 0.15) is 0 Å². The number of hydrogen-bond donors (Lipinski definition) is 2. The molecule has 0 aliphatic carbocycles. The number of benzene rings is 1. The molecule has 0 atom stereocenters. The number of thiol groups is 1. The standard InChI is InChI=1S/C7H8S.CH5N.CH4.ClH/c1-6-4-2-3-5-7(6)8;1-2;;/h2-5,8H,1H3;2H2,1H3;1H4;1H. The highest BCUT2D eigenvalue weighted by Crippen LogP contribution is 2.09. The molecule has 0 aliphatic heterocycles. The van der Waals surface area contributed by atoms with Gasteiger partial charge in [-0.05, 0) is 25.6 Å². The lowest BCUT2D eigenvalue weighted by Crippen LogP contribution is -1.70. The van der Waals surface area contributed by atoms with Gasteiger partial charge >= 0.3 is 0 Å². The normalized spacial score (nSPS) is 6.67. The quantitative estimate of drug-likeness (QED) is 0.629. The van der Waals surface area contributed by atoms with Gasteiger partial charge in [0.15, 0.2) is 0 Å². The van der Waals surface area contributed by atoms with Gasteiger partial charge in [-0.2, -0.15) is 0 Å². The molecule has 0 radical (unpaired) electrons. The minimum absolute atomic E-state index is 0. The molecule has 1 rings (SSSR count). The van der Waals surface area contributed by atoms with Gasteiger partial charge in [0.2, 0.25) is 0 Å². The maximum absolute atomic E-state index is 4.50. The average Bonchev–Trinajstić information content (AvgIpc) is 2.00. The van der Waals surface area contributed by atoms with Crippen molar-refractivity contribution in [3.05, 3.63) is 29.8 Å². The van der Waals surface area contributed by atoms with Crippen molar-refractivity contribution in [2.24, 2.45) is 5.73 Å². The highest BCUT2D eigenvalue weighted by Gasteiger charge is 1.84. The molecule has 0 heterocycles. The molecule has 0 aliphatic rings. The largest absolute Gasteiger partial charge is 0.333 e. The predicted molar refractivity (Wildman–Crippen MR) is 62.5 cm³/mol. The van der Waals surface area contributed by atoms with E-state index in [1.54, 1.807) is 0 Å². The van der Waals surface area contributed by atoms with Crippen LogP contribution in [0.15, 0.2) is 29.2 Å². The van der Waals surface area contributed by atoms with Crippen LogP contribution in [-0.4, -0.2) is 7.05 Å². The van der Waals surface area contributed by atoms with Crippen molar-refractivity contribution in [2.75, 3.05) is 7.05 Å². The maximum atomic E-state index is 4.50. The van der Waals surface area contributed by atoms with E-state index in [1.807, 2.05) is 31.2 Å². The molecule has 1 aromatic carbocycles. The molecule has 72 valence electrons. The van der Waals surface area contributed by atoms with Crippen molar-refractivity contribution < 1.29 is 0 Å². The first-order chi connectivity index (χ1) is 4.80. The molecular formula is C9H18ClNS. The van der Waals surface area contributed by atoms with Crippen LogP contribution in [0, 0.1) is 6.92 Å². The van der Waals surface area contributed by atoms with Crippen LogP contribution in [0.2, 0.25) is 0 Å². The van der Waals surface area contributed by atoms with Crippen molar-refractivity contribution >= 4 is 25.0 Å². The van der Waals surface area contributed by atoms with Crippen LogP contribution in [0.3, 0.4) is 0 Å². The van der Waals surface area contributed by atoms with E-state index in [0.29, 0.717) is 0 Å². The number of nitrogens with two attached hydrogens (primary N) is 1. The number of hydrogen-bond acceptors (Lipinski definition) is 2. The Kier molecular flexibility index (Phi) is 16.0. The van der Waals surface area contributed by atoms with E-state index in [-0.39, 0.29) is 19.8 Å². The van der Waals surface area contributed by atoms with Crippen LogP contribution in [-0.2, 0) is 0 Å². The molecule has 0 fully saturated rings. The Morgan fingerprint density at radius 2 is 1.58 bits per heavy atom. The van der Waals surface area contributed by atoms with Crippen LogP contribution in [0.25, 0.3) is 0 Å². The molecule has 0 amide bonds. The van der Waals surface area contributed by atoms with E-state index in [2.05, 4.69) is 18.4 Å². The van der Waals surface area contributed by atoms with E-state index in [0.717, 1.165) is 4.90 Å². The molecule has 2 N–H and O–H groups in total. The fraction of sp³-hybridized carbons (Fsp3) is 0.333. The van der Waals surface area contributed by atoms with E-state index in [9.17, 15) is 0 Å². The summed E-state index contributed by atoms with van der Waals surface area (Å²) >= 11 is 4.20. The first-order valence-electron chi connectivity index (χ1n) is 3.13. The van der Waals surface area contributed by atoms with E-state index in [4.69, 9.17) is 0 Å². The average molecular weight is 208 g/mol. The second-order valence-electron chi connectivity index (χ2n) is 1.79. The summed E-state index contributed by atoms with van der Waals surface area (Å²) in [6, 6.07) is 8.02. The molecule has 0 unspecified atom stereocenters. The van der Waals surface area contributed by atoms with Crippen LogP contribution >= 0.6 is 25.0 Å². The summed E-state index contributed by atoms with van der Waals surface area (Å²) in [6.45, 7) is 2.04. The maximum Gasteiger partial charge on any atom is 0.00692 e. The molecule has 0 aromatic heterocycles. The lowest BCUT2D eigenvalue weighted by atomic mass is 10.2. The van der Waals surface area contributed by atoms with Crippen LogP contribution in [0.4, 0.5) is 0 Å². The minimum atomic E-state index is 0. The van der Waals surface area contributed by atoms with Crippen LogP contribution < -0.4 is 5.73 Å². The zero-order chi connectivity index (χ0) is 7.98. The van der Waals surface area contributed by atoms with Gasteiger partial charge in [0, 0.05) is 4.90 Å². The second kappa shape index (κ2) is 10.8. The Labute approximate surface area is 87.2 Å². The fourth-order valence-corrected chi connectivity index (χ4v) is 0.724. The number of rotatable bonds is 0. The van der Waals surface area contributed by atoms with E-state index >= 15 is 0 Å². The lowest BCUT2D eigenvalue weighted by Gasteiger charge is -1.92. The zero-order valence-corrected chi connectivity index (χ0v) is 8.45. The molecule has 0 saturated carbocycles. The summed E-state index contributed by atoms with van der Waals surface area (Å²) in [4.78, 5) is 1.06. The molecule has 0 saturated heterocycles. The Balaban J connectivity index is -0.000000189. The van der Waals surface area contributed by atoms with Crippen molar-refractivity contribution in [3.8, 4) is 0 Å². The Morgan fingerprint density at radius 1 is 1.17 bits per heavy atom. The van der Waals surface area contributed by atoms with Gasteiger partial charge in [0.05, 0.1) is 0 Å². The SMILES string of the molecule is C.CN.Cc1ccccc1S.Cl. The van der Waals surface area contributed by atoms with E-state index < -0.39 is 0 Å². The van der Waals surface area contributed by atoms with Crippen LogP contribution in [0.5, 0.6) is 0 Å². The Hall–Kier alpha value is -0.180. The monoisotopic (exact) mass is 207 g/mol. The zero-order valence-electron chi connectivity index (χ0n) is 6.74. The summed E-state index contributed by atoms with van der Waals surface area (Å²) in [5.74, 6) is 0. The summed E-state index contributed by atoms with van der Waals surface area (Å²) in [7, 11) is 1.50. The number of halogens is 1. The van der Waals surface area contributed by atoms with Crippen molar-refractivity contribution in [1.82, 2.24) is 0 Å². The molecule has 0 spiro atoms. The topological polar surface area (TPSA) is 26.0 Å². The van der Waals surface area contributed by atoms with Gasteiger partial charge in [0.25, 0.3) is 0 Å². The minimum Gasteiger partial charge on any atom is -0.333 e. The lowest BCUT2D eigenvalue weighted by molar-refractivity contribution is 1.31. The van der Waals surface area contributed by atoms with Gasteiger partial charge in [-0.25, -0.2) is 0 Å². The first-order valence-corrected chi connectivity index (χ1v) is 3.58. The van der Waals surface area contributed by atoms with Crippen molar-refractivity contribution in [1.29, 1.82) is 0 Å². The van der Waals surface area contributed by atoms with E-state index in [1.165, 1.54) is 12.6 Å². The molecule has 12 heavy (non-hydrogen) atoms. The summed E-state index contributed by atoms with van der Waals surface area (Å²) < 4.78 is 0. The van der Waals surface area contributed by atoms with Gasteiger partial charge in [-0.3, -0.25) is 0 Å². The molecular weight excluding hydrogens is 190 g/mol. The smallest absolute Gasteiger partial charge is 0.00692 e. The highest BCUT2D eigenvalue weighted by atomic mass is 35.5. The highest BCUT2D eigenvalue weighted by molar-refractivity contribution is 7.80. The third-order valence-corrected chi connectivity index (χ3v) is 1.62. The van der Waals surface area contributed by atoms with Crippen molar-refractivity contribution in [2.45, 2.75) is 19.2 Å².